The first-order chi connectivity index (χ1) is 15.0. The lowest BCUT2D eigenvalue weighted by Crippen LogP contribution is -2.27. The monoisotopic (exact) mass is 538 g/mol. The van der Waals surface area contributed by atoms with Gasteiger partial charge in [-0.05, 0) is 54.5 Å². The van der Waals surface area contributed by atoms with Crippen LogP contribution in [0.3, 0.4) is 0 Å². The van der Waals surface area contributed by atoms with Gasteiger partial charge in [0.05, 0.1) is 6.04 Å². The van der Waals surface area contributed by atoms with Crippen molar-refractivity contribution >= 4 is 43.8 Å². The van der Waals surface area contributed by atoms with Crippen molar-refractivity contribution < 1.29 is 9.53 Å². The van der Waals surface area contributed by atoms with Gasteiger partial charge in [-0.2, -0.15) is 5.26 Å². The van der Waals surface area contributed by atoms with E-state index in [0.29, 0.717) is 17.9 Å². The summed E-state index contributed by atoms with van der Waals surface area (Å²) < 4.78 is 7.79. The number of nitrogens with zero attached hydrogens (tertiary/aromatic N) is 1. The second kappa shape index (κ2) is 10.9. The fourth-order valence-corrected chi connectivity index (χ4v) is 3.55. The number of carbonyl (C=O) groups is 1. The number of nitrogens with one attached hydrogen (secondary N) is 1. The fourth-order valence-electron chi connectivity index (χ4n) is 2.91. The first-order valence-corrected chi connectivity index (χ1v) is 11.2. The molecule has 31 heavy (non-hydrogen) atoms. The van der Waals surface area contributed by atoms with Crippen LogP contribution in [0, 0.1) is 11.3 Å². The van der Waals surface area contributed by atoms with Crippen LogP contribution in [0.15, 0.2) is 87.3 Å². The molecule has 0 fully saturated rings. The molecule has 0 aromatic heterocycles. The summed E-state index contributed by atoms with van der Waals surface area (Å²) in [5, 5.41) is 12.5. The summed E-state index contributed by atoms with van der Waals surface area (Å²) in [5.41, 5.74) is 2.63. The van der Waals surface area contributed by atoms with Crippen LogP contribution < -0.4 is 10.1 Å². The molecule has 0 aliphatic carbocycles. The minimum absolute atomic E-state index is 0.00868. The van der Waals surface area contributed by atoms with Crippen LogP contribution in [0.2, 0.25) is 0 Å². The van der Waals surface area contributed by atoms with E-state index in [1.165, 1.54) is 0 Å². The van der Waals surface area contributed by atoms with Gasteiger partial charge in [0.25, 0.3) is 5.91 Å². The van der Waals surface area contributed by atoms with Crippen molar-refractivity contribution in [2.24, 2.45) is 0 Å². The molecule has 0 saturated heterocycles. The van der Waals surface area contributed by atoms with Crippen molar-refractivity contribution in [3.8, 4) is 11.8 Å². The van der Waals surface area contributed by atoms with Gasteiger partial charge in [-0.25, -0.2) is 0 Å². The Balaban J connectivity index is 1.79. The van der Waals surface area contributed by atoms with Crippen LogP contribution in [0.4, 0.5) is 0 Å². The first kappa shape index (κ1) is 22.8. The number of rotatable bonds is 7. The second-order valence-electron chi connectivity index (χ2n) is 6.87. The largest absolute Gasteiger partial charge is 0.488 e. The maximum absolute atomic E-state index is 12.7. The van der Waals surface area contributed by atoms with Gasteiger partial charge >= 0.3 is 0 Å². The molecular formula is C25H20Br2N2O2. The minimum Gasteiger partial charge on any atom is -0.488 e. The van der Waals surface area contributed by atoms with Crippen molar-refractivity contribution in [3.05, 3.63) is 104 Å². The number of halogens is 2. The Labute approximate surface area is 198 Å². The highest BCUT2D eigenvalue weighted by Crippen LogP contribution is 2.27. The molecule has 0 radical (unpaired) electrons. The first-order valence-electron chi connectivity index (χ1n) is 9.60. The van der Waals surface area contributed by atoms with Crippen molar-refractivity contribution in [3.63, 3.8) is 0 Å². The van der Waals surface area contributed by atoms with Crippen LogP contribution in [0.25, 0.3) is 6.08 Å². The smallest absolute Gasteiger partial charge is 0.262 e. The molecule has 3 aromatic carbocycles. The minimum atomic E-state index is -0.433. The predicted octanol–water partition coefficient (Wildman–Crippen LogP) is 6.57. The summed E-state index contributed by atoms with van der Waals surface area (Å²) in [6.45, 7) is 2.25. The zero-order valence-electron chi connectivity index (χ0n) is 16.8. The molecule has 4 nitrogen and oxygen atoms in total. The van der Waals surface area contributed by atoms with E-state index in [9.17, 15) is 10.1 Å². The lowest BCUT2D eigenvalue weighted by molar-refractivity contribution is -0.117. The Bertz CT molecular complexity index is 1120. The highest BCUT2D eigenvalue weighted by atomic mass is 79.9. The van der Waals surface area contributed by atoms with Crippen LogP contribution in [-0.4, -0.2) is 5.91 Å². The van der Waals surface area contributed by atoms with Gasteiger partial charge in [0, 0.05) is 14.5 Å². The number of ether oxygens (including phenoxy) is 1. The van der Waals surface area contributed by atoms with Crippen LogP contribution >= 0.6 is 31.9 Å². The average molecular weight is 540 g/mol. The summed E-state index contributed by atoms with van der Waals surface area (Å²) in [5.74, 6) is 0.153. The summed E-state index contributed by atoms with van der Waals surface area (Å²) in [6.07, 6.45) is 1.55. The fraction of sp³-hybridized carbons (Fsp3) is 0.120. The molecule has 0 aliphatic heterocycles. The van der Waals surface area contributed by atoms with Gasteiger partial charge in [-0.1, -0.05) is 74.3 Å². The van der Waals surface area contributed by atoms with E-state index in [-0.39, 0.29) is 11.6 Å². The standard InChI is InChI=1S/C25H20Br2N2O2/c1-17(19-5-3-2-4-6-19)29-25(30)21(15-28)13-20-14-23(27)11-12-24(20)31-16-18-7-9-22(26)10-8-18/h2-14,17H,16H2,1H3,(H,29,30)/b21-13+. The highest BCUT2D eigenvalue weighted by Gasteiger charge is 2.15. The maximum atomic E-state index is 12.7. The lowest BCUT2D eigenvalue weighted by Gasteiger charge is -2.14. The molecule has 1 N–H and O–H groups in total. The molecule has 1 amide bonds. The van der Waals surface area contributed by atoms with Crippen molar-refractivity contribution in [1.82, 2.24) is 5.32 Å². The third kappa shape index (κ3) is 6.55. The average Bonchev–Trinajstić information content (AvgIpc) is 2.78. The van der Waals surface area contributed by atoms with E-state index in [4.69, 9.17) is 4.74 Å². The Morgan fingerprint density at radius 2 is 1.74 bits per heavy atom. The molecule has 0 bridgehead atoms. The number of amides is 1. The highest BCUT2D eigenvalue weighted by molar-refractivity contribution is 9.10. The number of nitriles is 1. The molecule has 1 unspecified atom stereocenters. The SMILES string of the molecule is CC(NC(=O)/C(C#N)=C/c1cc(Br)ccc1OCc1ccc(Br)cc1)c1ccccc1. The molecule has 3 aromatic rings. The molecule has 0 saturated carbocycles. The van der Waals surface area contributed by atoms with Crippen molar-refractivity contribution in [2.75, 3.05) is 0 Å². The second-order valence-corrected chi connectivity index (χ2v) is 8.70. The zero-order chi connectivity index (χ0) is 22.2. The zero-order valence-corrected chi connectivity index (χ0v) is 20.0. The van der Waals surface area contributed by atoms with Crippen LogP contribution in [0.5, 0.6) is 5.75 Å². The molecule has 6 heteroatoms. The number of hydrogen-bond donors (Lipinski definition) is 1. The molecule has 3 rings (SSSR count). The van der Waals surface area contributed by atoms with Gasteiger partial charge in [0.15, 0.2) is 0 Å². The van der Waals surface area contributed by atoms with Gasteiger partial charge in [-0.3, -0.25) is 4.79 Å². The van der Waals surface area contributed by atoms with E-state index in [0.717, 1.165) is 20.1 Å². The van der Waals surface area contributed by atoms with E-state index >= 15 is 0 Å². The Hall–Kier alpha value is -2.88. The van der Waals surface area contributed by atoms with Crippen molar-refractivity contribution in [2.45, 2.75) is 19.6 Å². The van der Waals surface area contributed by atoms with E-state index in [1.807, 2.05) is 85.8 Å². The summed E-state index contributed by atoms with van der Waals surface area (Å²) in [7, 11) is 0. The molecule has 1 atom stereocenters. The summed E-state index contributed by atoms with van der Waals surface area (Å²) in [6, 6.07) is 24.7. The quantitative estimate of drug-likeness (QED) is 0.272. The Morgan fingerprint density at radius 1 is 1.06 bits per heavy atom. The number of benzene rings is 3. The Morgan fingerprint density at radius 3 is 2.42 bits per heavy atom. The van der Waals surface area contributed by atoms with E-state index in [2.05, 4.69) is 37.2 Å². The van der Waals surface area contributed by atoms with Crippen molar-refractivity contribution in [1.29, 1.82) is 5.26 Å². The maximum Gasteiger partial charge on any atom is 0.262 e. The third-order valence-corrected chi connectivity index (χ3v) is 5.61. The topological polar surface area (TPSA) is 62.1 Å². The molecule has 0 aliphatic rings. The van der Waals surface area contributed by atoms with Gasteiger partial charge in [0.2, 0.25) is 0 Å². The summed E-state index contributed by atoms with van der Waals surface area (Å²) in [4.78, 5) is 12.7. The lowest BCUT2D eigenvalue weighted by atomic mass is 10.1. The van der Waals surface area contributed by atoms with Gasteiger partial charge in [0.1, 0.15) is 24.0 Å². The van der Waals surface area contributed by atoms with Crippen LogP contribution in [-0.2, 0) is 11.4 Å². The molecule has 0 heterocycles. The number of hydrogen-bond acceptors (Lipinski definition) is 3. The number of carbonyl (C=O) groups excluding carboxylic acids is 1. The molecule has 156 valence electrons. The molecule has 0 spiro atoms. The van der Waals surface area contributed by atoms with Gasteiger partial charge in [-0.15, -0.1) is 0 Å². The Kier molecular flexibility index (Phi) is 8.05. The third-order valence-electron chi connectivity index (χ3n) is 4.59. The molecular weight excluding hydrogens is 520 g/mol. The van der Waals surface area contributed by atoms with Crippen LogP contribution in [0.1, 0.15) is 29.7 Å². The van der Waals surface area contributed by atoms with Gasteiger partial charge < -0.3 is 10.1 Å². The summed E-state index contributed by atoms with van der Waals surface area (Å²) >= 11 is 6.87. The van der Waals surface area contributed by atoms with E-state index in [1.54, 1.807) is 6.08 Å². The van der Waals surface area contributed by atoms with E-state index < -0.39 is 5.91 Å². The predicted molar refractivity (Wildman–Crippen MR) is 129 cm³/mol. The normalized spacial score (nSPS) is 12.0.